The fourth-order valence-electron chi connectivity index (χ4n) is 3.84. The minimum atomic E-state index is -4.06. The van der Waals surface area contributed by atoms with Crippen molar-refractivity contribution in [3.8, 4) is 0 Å². The molecule has 0 atom stereocenters. The highest BCUT2D eigenvalue weighted by Gasteiger charge is 2.18. The van der Waals surface area contributed by atoms with Crippen LogP contribution in [-0.4, -0.2) is 27.4 Å². The molecule has 1 amide bonds. The van der Waals surface area contributed by atoms with E-state index in [1.54, 1.807) is 0 Å². The van der Waals surface area contributed by atoms with E-state index in [9.17, 15) is 17.6 Å². The Morgan fingerprint density at radius 1 is 0.848 bits per heavy atom. The van der Waals surface area contributed by atoms with Crippen LogP contribution in [0.4, 0.5) is 21.5 Å². The van der Waals surface area contributed by atoms with E-state index in [0.717, 1.165) is 18.8 Å². The van der Waals surface area contributed by atoms with Gasteiger partial charge in [-0.3, -0.25) is 9.52 Å². The van der Waals surface area contributed by atoms with Crippen LogP contribution in [0.3, 0.4) is 0 Å². The predicted octanol–water partition coefficient (Wildman–Crippen LogP) is 5.26. The Morgan fingerprint density at radius 3 is 2.24 bits per heavy atom. The Morgan fingerprint density at radius 2 is 1.55 bits per heavy atom. The molecule has 3 aromatic carbocycles. The molecule has 0 aromatic heterocycles. The van der Waals surface area contributed by atoms with Crippen LogP contribution in [0.2, 0.25) is 0 Å². The molecule has 0 aliphatic carbocycles. The normalized spacial score (nSPS) is 14.4. The third kappa shape index (κ3) is 5.70. The minimum absolute atomic E-state index is 0.130. The van der Waals surface area contributed by atoms with Gasteiger partial charge >= 0.3 is 0 Å². The fraction of sp³-hybridized carbons (Fsp3) is 0.240. The summed E-state index contributed by atoms with van der Waals surface area (Å²) in [7, 11) is -4.06. The van der Waals surface area contributed by atoms with E-state index >= 15 is 0 Å². The number of halogens is 1. The van der Waals surface area contributed by atoms with Crippen molar-refractivity contribution < 1.29 is 17.6 Å². The molecule has 8 heteroatoms. The number of hydrogen-bond acceptors (Lipinski definition) is 4. The van der Waals surface area contributed by atoms with Crippen LogP contribution in [0.1, 0.15) is 36.0 Å². The Kier molecular flexibility index (Phi) is 6.93. The van der Waals surface area contributed by atoms with Gasteiger partial charge in [-0.25, -0.2) is 12.8 Å². The van der Waals surface area contributed by atoms with Gasteiger partial charge in [-0.1, -0.05) is 31.0 Å². The van der Waals surface area contributed by atoms with Gasteiger partial charge < -0.3 is 10.2 Å². The van der Waals surface area contributed by atoms with Crippen molar-refractivity contribution in [2.24, 2.45) is 0 Å². The summed E-state index contributed by atoms with van der Waals surface area (Å²) in [6, 6.07) is 18.8. The summed E-state index contributed by atoms with van der Waals surface area (Å²) in [5.41, 5.74) is 1.78. The number of benzene rings is 3. The molecule has 1 aliphatic rings. The summed E-state index contributed by atoms with van der Waals surface area (Å²) < 4.78 is 41.5. The van der Waals surface area contributed by atoms with Gasteiger partial charge in [0.15, 0.2) is 0 Å². The third-order valence-electron chi connectivity index (χ3n) is 5.62. The van der Waals surface area contributed by atoms with Gasteiger partial charge in [0.25, 0.3) is 15.9 Å². The summed E-state index contributed by atoms with van der Waals surface area (Å²) in [6.07, 6.45) is 4.89. The Labute approximate surface area is 193 Å². The molecule has 6 nitrogen and oxygen atoms in total. The van der Waals surface area contributed by atoms with E-state index in [0.29, 0.717) is 5.69 Å². The van der Waals surface area contributed by atoms with Crippen LogP contribution in [-0.2, 0) is 10.0 Å². The van der Waals surface area contributed by atoms with Gasteiger partial charge in [0.05, 0.1) is 10.6 Å². The SMILES string of the molecule is O=C(Nc1ccc(N2CCCCCC2)cc1)c1cccc(S(=O)(=O)Nc2ccccc2F)c1. The molecular weight excluding hydrogens is 441 g/mol. The first-order valence-electron chi connectivity index (χ1n) is 11.0. The molecule has 0 saturated carbocycles. The van der Waals surface area contributed by atoms with Crippen LogP contribution in [0.15, 0.2) is 77.7 Å². The van der Waals surface area contributed by atoms with Gasteiger partial charge in [0, 0.05) is 30.0 Å². The van der Waals surface area contributed by atoms with Crippen LogP contribution in [0, 0.1) is 5.82 Å². The van der Waals surface area contributed by atoms with Gasteiger partial charge in [0.2, 0.25) is 0 Å². The number of para-hydroxylation sites is 1. The molecule has 33 heavy (non-hydrogen) atoms. The second-order valence-corrected chi connectivity index (χ2v) is 9.70. The minimum Gasteiger partial charge on any atom is -0.372 e. The van der Waals surface area contributed by atoms with Crippen molar-refractivity contribution in [1.82, 2.24) is 0 Å². The highest BCUT2D eigenvalue weighted by atomic mass is 32.2. The van der Waals surface area contributed by atoms with Crippen molar-refractivity contribution in [2.45, 2.75) is 30.6 Å². The van der Waals surface area contributed by atoms with Crippen molar-refractivity contribution in [3.63, 3.8) is 0 Å². The first-order valence-corrected chi connectivity index (χ1v) is 12.4. The van der Waals surface area contributed by atoms with Gasteiger partial charge in [0.1, 0.15) is 5.82 Å². The monoisotopic (exact) mass is 467 g/mol. The molecule has 0 spiro atoms. The zero-order valence-corrected chi connectivity index (χ0v) is 18.9. The quantitative estimate of drug-likeness (QED) is 0.518. The molecule has 1 aliphatic heterocycles. The average molecular weight is 468 g/mol. The van der Waals surface area contributed by atoms with Crippen molar-refractivity contribution in [1.29, 1.82) is 0 Å². The molecule has 3 aromatic rings. The summed E-state index contributed by atoms with van der Waals surface area (Å²) in [5, 5.41) is 2.81. The number of carbonyl (C=O) groups is 1. The van der Waals surface area contributed by atoms with E-state index in [4.69, 9.17) is 0 Å². The highest BCUT2D eigenvalue weighted by molar-refractivity contribution is 7.92. The second kappa shape index (κ2) is 10.0. The summed E-state index contributed by atoms with van der Waals surface area (Å²) in [4.78, 5) is 15.0. The number of carbonyl (C=O) groups excluding carboxylic acids is 1. The number of nitrogens with zero attached hydrogens (tertiary/aromatic N) is 1. The van der Waals surface area contributed by atoms with Crippen LogP contribution in [0.5, 0.6) is 0 Å². The molecule has 1 heterocycles. The van der Waals surface area contributed by atoms with Crippen LogP contribution in [0.25, 0.3) is 0 Å². The first kappa shape index (κ1) is 22.8. The van der Waals surface area contributed by atoms with E-state index < -0.39 is 21.7 Å². The van der Waals surface area contributed by atoms with E-state index in [-0.39, 0.29) is 16.1 Å². The largest absolute Gasteiger partial charge is 0.372 e. The number of sulfonamides is 1. The maximum atomic E-state index is 13.9. The first-order chi connectivity index (χ1) is 15.9. The number of anilines is 3. The number of rotatable bonds is 6. The zero-order valence-electron chi connectivity index (χ0n) is 18.1. The lowest BCUT2D eigenvalue weighted by Gasteiger charge is -2.22. The van der Waals surface area contributed by atoms with E-state index in [1.807, 2.05) is 24.3 Å². The Bertz CT molecular complexity index is 1220. The van der Waals surface area contributed by atoms with Crippen LogP contribution >= 0.6 is 0 Å². The number of nitrogens with one attached hydrogen (secondary N) is 2. The molecular formula is C25H26FN3O3S. The molecule has 0 radical (unpaired) electrons. The van der Waals surface area contributed by atoms with Gasteiger partial charge in [-0.05, 0) is 67.4 Å². The topological polar surface area (TPSA) is 78.5 Å². The average Bonchev–Trinajstić information content (AvgIpc) is 3.11. The lowest BCUT2D eigenvalue weighted by atomic mass is 10.2. The van der Waals surface area contributed by atoms with E-state index in [1.165, 1.54) is 74.2 Å². The van der Waals surface area contributed by atoms with Crippen molar-refractivity contribution >= 4 is 33.0 Å². The second-order valence-electron chi connectivity index (χ2n) is 8.02. The molecule has 0 bridgehead atoms. The molecule has 1 fully saturated rings. The zero-order chi connectivity index (χ0) is 23.3. The summed E-state index contributed by atoms with van der Waals surface area (Å²) in [6.45, 7) is 2.07. The fourth-order valence-corrected chi connectivity index (χ4v) is 4.95. The standard InChI is InChI=1S/C25H26FN3O3S/c26-23-10-3-4-11-24(23)28-33(31,32)22-9-7-8-19(18-22)25(30)27-20-12-14-21(15-13-20)29-16-5-1-2-6-17-29/h3-4,7-15,18,28H,1-2,5-6,16-17H2,(H,27,30). The molecule has 0 unspecified atom stereocenters. The van der Waals surface area contributed by atoms with Gasteiger partial charge in [-0.15, -0.1) is 0 Å². The Balaban J connectivity index is 1.46. The summed E-state index contributed by atoms with van der Waals surface area (Å²) >= 11 is 0. The van der Waals surface area contributed by atoms with Gasteiger partial charge in [-0.2, -0.15) is 0 Å². The molecule has 172 valence electrons. The number of amides is 1. The van der Waals surface area contributed by atoms with Crippen LogP contribution < -0.4 is 14.9 Å². The molecule has 1 saturated heterocycles. The lowest BCUT2D eigenvalue weighted by Crippen LogP contribution is -2.23. The lowest BCUT2D eigenvalue weighted by molar-refractivity contribution is 0.102. The van der Waals surface area contributed by atoms with Crippen molar-refractivity contribution in [3.05, 3.63) is 84.2 Å². The number of hydrogen-bond donors (Lipinski definition) is 2. The molecule has 4 rings (SSSR count). The third-order valence-corrected chi connectivity index (χ3v) is 6.98. The maximum Gasteiger partial charge on any atom is 0.262 e. The Hall–Kier alpha value is -3.39. The summed E-state index contributed by atoms with van der Waals surface area (Å²) in [5.74, 6) is -1.11. The smallest absolute Gasteiger partial charge is 0.262 e. The van der Waals surface area contributed by atoms with E-state index in [2.05, 4.69) is 14.9 Å². The molecule has 2 N–H and O–H groups in total. The predicted molar refractivity (Wildman–Crippen MR) is 129 cm³/mol. The highest BCUT2D eigenvalue weighted by Crippen LogP contribution is 2.23. The maximum absolute atomic E-state index is 13.9. The van der Waals surface area contributed by atoms with Crippen molar-refractivity contribution in [2.75, 3.05) is 28.0 Å².